The van der Waals surface area contributed by atoms with Crippen LogP contribution in [-0.2, 0) is 23.1 Å². The van der Waals surface area contributed by atoms with E-state index in [2.05, 4.69) is 40.9 Å². The van der Waals surface area contributed by atoms with E-state index < -0.39 is 45.3 Å². The van der Waals surface area contributed by atoms with Crippen LogP contribution in [0.2, 0.25) is 25.7 Å². The summed E-state index contributed by atoms with van der Waals surface area (Å²) in [6.45, 7) is 10.8. The van der Waals surface area contributed by atoms with Crippen molar-refractivity contribution < 1.29 is 32.7 Å². The maximum Gasteiger partial charge on any atom is 0.346 e. The summed E-state index contributed by atoms with van der Waals surface area (Å²) < 4.78 is 30.6. The molecule has 0 saturated heterocycles. The predicted molar refractivity (Wildman–Crippen MR) is 163 cm³/mol. The van der Waals surface area contributed by atoms with Gasteiger partial charge in [0.1, 0.15) is 11.8 Å². The van der Waals surface area contributed by atoms with Gasteiger partial charge in [0.25, 0.3) is 11.8 Å². The molecule has 1 heterocycles. The molecule has 0 spiro atoms. The lowest BCUT2D eigenvalue weighted by Gasteiger charge is -2.32. The summed E-state index contributed by atoms with van der Waals surface area (Å²) >= 11 is 3.50. The molecule has 1 aliphatic rings. The van der Waals surface area contributed by atoms with E-state index in [9.17, 15) is 18.9 Å². The molecule has 2 amide bonds. The molecule has 0 bridgehead atoms. The number of hydrogen-bond donors (Lipinski definition) is 1. The van der Waals surface area contributed by atoms with Crippen LogP contribution < -0.4 is 5.32 Å². The summed E-state index contributed by atoms with van der Waals surface area (Å²) in [7, 11) is -2.64. The average Bonchev–Trinajstić information content (AvgIpc) is 2.89. The Morgan fingerprint density at radius 1 is 1.05 bits per heavy atom. The van der Waals surface area contributed by atoms with Crippen LogP contribution in [0.4, 0.5) is 0 Å². The topological polar surface area (TPSA) is 111 Å². The van der Waals surface area contributed by atoms with Gasteiger partial charge in [0.15, 0.2) is 0 Å². The highest BCUT2D eigenvalue weighted by Gasteiger charge is 2.40. The summed E-state index contributed by atoms with van der Waals surface area (Å²) in [4.78, 5) is 41.2. The van der Waals surface area contributed by atoms with Gasteiger partial charge in [-0.15, -0.1) is 0 Å². The lowest BCUT2D eigenvalue weighted by Crippen LogP contribution is -2.48. The zero-order valence-corrected chi connectivity index (χ0v) is 27.8. The number of carbonyl (C=O) groups excluding carboxylic acids is 3. The maximum absolute atomic E-state index is 13.6. The van der Waals surface area contributed by atoms with E-state index in [1.165, 1.54) is 14.2 Å². The van der Waals surface area contributed by atoms with Crippen molar-refractivity contribution in [2.45, 2.75) is 64.2 Å². The van der Waals surface area contributed by atoms with Crippen LogP contribution in [0.5, 0.6) is 0 Å². The van der Waals surface area contributed by atoms with Crippen LogP contribution >= 0.6 is 23.5 Å². The SMILES string of the molecule is COP(=O)(OC)[C@@H](CCN1C(=O)c2cccc3c(Br)ccc(c23)C1=O)NC(CC(C)C)C(=O)OCC[Si](C)(C)C. The molecule has 2 atom stereocenters. The highest BCUT2D eigenvalue weighted by molar-refractivity contribution is 9.10. The van der Waals surface area contributed by atoms with Crippen LogP contribution in [0, 0.1) is 5.92 Å². The van der Waals surface area contributed by atoms with E-state index in [0.29, 0.717) is 29.5 Å². The van der Waals surface area contributed by atoms with Gasteiger partial charge < -0.3 is 13.8 Å². The number of esters is 1. The molecule has 40 heavy (non-hydrogen) atoms. The fraction of sp³-hybridized carbons (Fsp3) is 0.536. The number of carbonyl (C=O) groups is 3. The minimum atomic E-state index is -3.77. The average molecular weight is 656 g/mol. The van der Waals surface area contributed by atoms with Crippen molar-refractivity contribution in [1.29, 1.82) is 0 Å². The Bertz CT molecular complexity index is 1280. The van der Waals surface area contributed by atoms with E-state index in [1.54, 1.807) is 24.3 Å². The van der Waals surface area contributed by atoms with Crippen LogP contribution in [0.25, 0.3) is 10.8 Å². The van der Waals surface area contributed by atoms with E-state index >= 15 is 0 Å². The van der Waals surface area contributed by atoms with Gasteiger partial charge in [-0.2, -0.15) is 0 Å². The van der Waals surface area contributed by atoms with E-state index in [-0.39, 0.29) is 18.9 Å². The van der Waals surface area contributed by atoms with E-state index in [4.69, 9.17) is 13.8 Å². The second kappa shape index (κ2) is 13.4. The Hall–Kier alpha value is -1.88. The quantitative estimate of drug-likeness (QED) is 0.110. The Balaban J connectivity index is 1.85. The van der Waals surface area contributed by atoms with Crippen LogP contribution in [0.1, 0.15) is 47.4 Å². The third kappa shape index (κ3) is 7.49. The Morgan fingerprint density at radius 3 is 2.25 bits per heavy atom. The van der Waals surface area contributed by atoms with Gasteiger partial charge in [0.05, 0.1) is 6.61 Å². The van der Waals surface area contributed by atoms with Gasteiger partial charge in [-0.05, 0) is 48.4 Å². The number of hydrogen-bond acceptors (Lipinski definition) is 8. The van der Waals surface area contributed by atoms with Crippen molar-refractivity contribution in [3.05, 3.63) is 45.9 Å². The lowest BCUT2D eigenvalue weighted by molar-refractivity contribution is -0.146. The highest BCUT2D eigenvalue weighted by atomic mass is 79.9. The molecule has 9 nitrogen and oxygen atoms in total. The van der Waals surface area contributed by atoms with Crippen molar-refractivity contribution in [2.75, 3.05) is 27.4 Å². The molecule has 0 aromatic heterocycles. The molecule has 0 saturated carbocycles. The Labute approximate surface area is 246 Å². The van der Waals surface area contributed by atoms with Gasteiger partial charge in [-0.1, -0.05) is 61.6 Å². The molecular formula is C28H40BrN2O7PSi. The Kier molecular flexibility index (Phi) is 10.9. The number of halogens is 1. The number of ether oxygens (including phenoxy) is 1. The summed E-state index contributed by atoms with van der Waals surface area (Å²) in [5.74, 6) is -2.15. The normalized spacial score (nSPS) is 15.6. The molecule has 1 N–H and O–H groups in total. The van der Waals surface area contributed by atoms with Crippen LogP contribution in [-0.4, -0.2) is 70.0 Å². The highest BCUT2D eigenvalue weighted by Crippen LogP contribution is 2.52. The zero-order valence-electron chi connectivity index (χ0n) is 24.3. The summed E-state index contributed by atoms with van der Waals surface area (Å²) in [6, 6.07) is 8.86. The van der Waals surface area contributed by atoms with Gasteiger partial charge in [0, 0.05) is 49.8 Å². The molecule has 12 heteroatoms. The molecular weight excluding hydrogens is 615 g/mol. The second-order valence-corrected chi connectivity index (χ2v) is 20.5. The van der Waals surface area contributed by atoms with Crippen molar-refractivity contribution in [2.24, 2.45) is 5.92 Å². The predicted octanol–water partition coefficient (Wildman–Crippen LogP) is 6.29. The second-order valence-electron chi connectivity index (χ2n) is 11.6. The van der Waals surface area contributed by atoms with E-state index in [1.807, 2.05) is 19.9 Å². The monoisotopic (exact) mass is 654 g/mol. The Morgan fingerprint density at radius 2 is 1.68 bits per heavy atom. The first-order valence-corrected chi connectivity index (χ1v) is 19.5. The van der Waals surface area contributed by atoms with Crippen LogP contribution in [0.3, 0.4) is 0 Å². The van der Waals surface area contributed by atoms with Crippen LogP contribution in [0.15, 0.2) is 34.8 Å². The minimum absolute atomic E-state index is 0.0368. The first-order valence-electron chi connectivity index (χ1n) is 13.4. The molecule has 0 fully saturated rings. The number of imide groups is 1. The summed E-state index contributed by atoms with van der Waals surface area (Å²) in [6.07, 6.45) is 0.469. The molecule has 220 valence electrons. The fourth-order valence-corrected chi connectivity index (χ4v) is 7.35. The molecule has 3 rings (SSSR count). The fourth-order valence-electron chi connectivity index (χ4n) is 4.72. The largest absolute Gasteiger partial charge is 0.465 e. The summed E-state index contributed by atoms with van der Waals surface area (Å²) in [5, 5.41) is 4.55. The molecule has 0 radical (unpaired) electrons. The smallest absolute Gasteiger partial charge is 0.346 e. The van der Waals surface area contributed by atoms with Gasteiger partial charge in [-0.3, -0.25) is 29.2 Å². The number of benzene rings is 2. The molecule has 1 unspecified atom stereocenters. The van der Waals surface area contributed by atoms with Gasteiger partial charge >= 0.3 is 13.6 Å². The molecule has 2 aromatic carbocycles. The van der Waals surface area contributed by atoms with Crippen molar-refractivity contribution in [1.82, 2.24) is 10.2 Å². The minimum Gasteiger partial charge on any atom is -0.465 e. The third-order valence-electron chi connectivity index (χ3n) is 6.94. The first kappa shape index (κ1) is 32.6. The zero-order chi connectivity index (χ0) is 29.8. The van der Waals surface area contributed by atoms with Crippen molar-refractivity contribution >= 4 is 60.2 Å². The van der Waals surface area contributed by atoms with Gasteiger partial charge in [-0.25, -0.2) is 0 Å². The van der Waals surface area contributed by atoms with Crippen molar-refractivity contribution in [3.63, 3.8) is 0 Å². The lowest BCUT2D eigenvalue weighted by atomic mass is 9.94. The number of nitrogens with one attached hydrogen (secondary N) is 1. The molecule has 2 aromatic rings. The summed E-state index contributed by atoms with van der Waals surface area (Å²) in [5.41, 5.74) is 0.839. The number of rotatable bonds is 14. The van der Waals surface area contributed by atoms with Gasteiger partial charge in [0.2, 0.25) is 0 Å². The number of amides is 2. The standard InChI is InChI=1S/C28H40BrN2O7PSi/c1-18(2)17-23(28(34)38-15-16-40(5,6)7)30-24(39(35,36-3)37-4)13-14-31-26(32)20-10-8-9-19-22(29)12-11-21(25(19)20)27(31)33/h8-12,18,23-24,30H,13-17H2,1-7H3/t23?,24-/m0/s1. The van der Waals surface area contributed by atoms with E-state index in [0.717, 1.165) is 20.8 Å². The number of nitrogens with zero attached hydrogens (tertiary/aromatic N) is 1. The molecule has 0 aliphatic carbocycles. The third-order valence-corrected chi connectivity index (χ3v) is 11.5. The first-order chi connectivity index (χ1) is 18.7. The molecule has 1 aliphatic heterocycles. The maximum atomic E-state index is 13.6. The van der Waals surface area contributed by atoms with Crippen molar-refractivity contribution in [3.8, 4) is 0 Å².